The van der Waals surface area contributed by atoms with Crippen molar-refractivity contribution < 1.29 is 32.9 Å². The highest BCUT2D eigenvalue weighted by Gasteiger charge is 2.50. The van der Waals surface area contributed by atoms with Crippen LogP contribution in [0.1, 0.15) is 53.6 Å². The SMILES string of the molecule is O=C(N[C@@H]1CCOC1)c1ccc(O[C@@H]2CC[C@@H]2O)c(F)c1-c1c(Cl)c(F)cc2c1C[C@](c1ccccc1)([C@@H]1CCCN1)O2. The number of amides is 1. The molecule has 0 bridgehead atoms. The Labute approximate surface area is 253 Å². The number of carbonyl (C=O) groups is 1. The number of halogens is 3. The lowest BCUT2D eigenvalue weighted by atomic mass is 9.80. The lowest BCUT2D eigenvalue weighted by molar-refractivity contribution is -0.0377. The molecule has 7 nitrogen and oxygen atoms in total. The molecule has 3 N–H and O–H groups in total. The summed E-state index contributed by atoms with van der Waals surface area (Å²) in [5.74, 6) is -2.04. The van der Waals surface area contributed by atoms with Crippen molar-refractivity contribution in [3.63, 3.8) is 0 Å². The molecule has 1 aliphatic carbocycles. The maximum absolute atomic E-state index is 16.7. The van der Waals surface area contributed by atoms with Gasteiger partial charge in [-0.2, -0.15) is 0 Å². The minimum Gasteiger partial charge on any atom is -0.485 e. The van der Waals surface area contributed by atoms with Crippen LogP contribution >= 0.6 is 11.6 Å². The molecule has 0 spiro atoms. The minimum absolute atomic E-state index is 0.00295. The Morgan fingerprint density at radius 1 is 1.09 bits per heavy atom. The number of aliphatic hydroxyl groups excluding tert-OH is 1. The van der Waals surface area contributed by atoms with Gasteiger partial charge in [-0.15, -0.1) is 0 Å². The van der Waals surface area contributed by atoms with Crippen molar-refractivity contribution >= 4 is 17.5 Å². The molecule has 0 aromatic heterocycles. The highest BCUT2D eigenvalue weighted by Crippen LogP contribution is 2.52. The van der Waals surface area contributed by atoms with Gasteiger partial charge in [-0.1, -0.05) is 41.9 Å². The van der Waals surface area contributed by atoms with Crippen LogP contribution in [0.3, 0.4) is 0 Å². The van der Waals surface area contributed by atoms with Crippen molar-refractivity contribution in [3.05, 3.63) is 81.9 Å². The van der Waals surface area contributed by atoms with Crippen molar-refractivity contribution in [3.8, 4) is 22.6 Å². The van der Waals surface area contributed by atoms with E-state index in [-0.39, 0.29) is 51.7 Å². The first kappa shape index (κ1) is 28.5. The maximum atomic E-state index is 16.7. The normalized spacial score (nSPS) is 27.8. The topological polar surface area (TPSA) is 89.1 Å². The van der Waals surface area contributed by atoms with Crippen molar-refractivity contribution in [2.24, 2.45) is 0 Å². The molecule has 4 aliphatic rings. The molecule has 3 fully saturated rings. The second kappa shape index (κ2) is 11.4. The van der Waals surface area contributed by atoms with Crippen molar-refractivity contribution in [2.45, 2.75) is 68.4 Å². The van der Waals surface area contributed by atoms with Gasteiger partial charge in [0, 0.05) is 35.8 Å². The van der Waals surface area contributed by atoms with Gasteiger partial charge in [0.1, 0.15) is 17.7 Å². The van der Waals surface area contributed by atoms with Crippen LogP contribution in [0.2, 0.25) is 5.02 Å². The number of hydrogen-bond donors (Lipinski definition) is 3. The van der Waals surface area contributed by atoms with Crippen molar-refractivity contribution in [2.75, 3.05) is 19.8 Å². The number of aliphatic hydroxyl groups is 1. The Morgan fingerprint density at radius 2 is 1.93 bits per heavy atom. The first-order chi connectivity index (χ1) is 20.9. The van der Waals surface area contributed by atoms with E-state index in [0.717, 1.165) is 24.9 Å². The second-order valence-corrected chi connectivity index (χ2v) is 12.2. The fraction of sp³-hybridized carbons (Fsp3) is 0.424. The van der Waals surface area contributed by atoms with Crippen LogP contribution in [0, 0.1) is 11.6 Å². The predicted molar refractivity (Wildman–Crippen MR) is 157 cm³/mol. The predicted octanol–water partition coefficient (Wildman–Crippen LogP) is 5.29. The lowest BCUT2D eigenvalue weighted by Crippen LogP contribution is -2.48. The lowest BCUT2D eigenvalue weighted by Gasteiger charge is -2.35. The van der Waals surface area contributed by atoms with E-state index in [1.165, 1.54) is 18.2 Å². The molecule has 1 saturated carbocycles. The maximum Gasteiger partial charge on any atom is 0.252 e. The quantitative estimate of drug-likeness (QED) is 0.337. The molecule has 5 atom stereocenters. The zero-order valence-corrected chi connectivity index (χ0v) is 24.3. The summed E-state index contributed by atoms with van der Waals surface area (Å²) in [6, 6.07) is 13.5. The highest BCUT2D eigenvalue weighted by atomic mass is 35.5. The Balaban J connectivity index is 1.39. The second-order valence-electron chi connectivity index (χ2n) is 11.8. The summed E-state index contributed by atoms with van der Waals surface area (Å²) in [4.78, 5) is 13.7. The average molecular weight is 611 g/mol. The molecule has 3 aromatic rings. The molecule has 2 saturated heterocycles. The van der Waals surface area contributed by atoms with Gasteiger partial charge in [-0.25, -0.2) is 8.78 Å². The Morgan fingerprint density at radius 3 is 2.60 bits per heavy atom. The van der Waals surface area contributed by atoms with Crippen LogP contribution < -0.4 is 20.1 Å². The molecule has 3 heterocycles. The smallest absolute Gasteiger partial charge is 0.252 e. The molecule has 3 aromatic carbocycles. The van der Waals surface area contributed by atoms with Gasteiger partial charge in [0.05, 0.1) is 35.4 Å². The summed E-state index contributed by atoms with van der Waals surface area (Å²) >= 11 is 6.70. The van der Waals surface area contributed by atoms with Gasteiger partial charge in [0.15, 0.2) is 17.2 Å². The van der Waals surface area contributed by atoms with Crippen molar-refractivity contribution in [1.29, 1.82) is 0 Å². The molecule has 10 heteroatoms. The first-order valence-electron chi connectivity index (χ1n) is 14.9. The van der Waals surface area contributed by atoms with Crippen LogP contribution in [-0.4, -0.2) is 55.1 Å². The van der Waals surface area contributed by atoms with E-state index in [9.17, 15) is 9.90 Å². The molecule has 43 heavy (non-hydrogen) atoms. The summed E-state index contributed by atoms with van der Waals surface area (Å²) in [6.45, 7) is 1.68. The zero-order chi connectivity index (χ0) is 29.7. The molecule has 0 unspecified atom stereocenters. The number of carbonyl (C=O) groups excluding carboxylic acids is 1. The summed E-state index contributed by atoms with van der Waals surface area (Å²) in [5, 5.41) is 16.3. The van der Waals surface area contributed by atoms with E-state index in [1.54, 1.807) is 0 Å². The standard InChI is InChI=1S/C33H33ClF2N2O5/c34-30-22(35)15-26-21(16-33(43-26,27-7-4-13-37-27)18-5-2-1-3-6-18)28(30)29-20(32(40)38-19-12-14-41-17-19)8-10-25(31(29)36)42-24-11-9-23(24)39/h1-3,5-6,8,10,15,19,23-24,27,37,39H,4,7,9,11-14,16-17H2,(H,38,40)/t19-,23+,24-,27+,33+/m1/s1. The molecule has 226 valence electrons. The third kappa shape index (κ3) is 4.96. The van der Waals surface area contributed by atoms with Gasteiger partial charge in [-0.3, -0.25) is 4.79 Å². The van der Waals surface area contributed by atoms with Crippen molar-refractivity contribution in [1.82, 2.24) is 10.6 Å². The number of hydrogen-bond acceptors (Lipinski definition) is 6. The van der Waals surface area contributed by atoms with E-state index in [1.807, 2.05) is 30.3 Å². The van der Waals surface area contributed by atoms with E-state index in [4.69, 9.17) is 25.8 Å². The van der Waals surface area contributed by atoms with E-state index < -0.39 is 35.4 Å². The van der Waals surface area contributed by atoms with E-state index in [2.05, 4.69) is 10.6 Å². The molecule has 7 rings (SSSR count). The molecular formula is C33H33ClF2N2O5. The monoisotopic (exact) mass is 610 g/mol. The van der Waals surface area contributed by atoms with Crippen LogP contribution in [0.25, 0.3) is 11.1 Å². The van der Waals surface area contributed by atoms with Gasteiger partial charge >= 0.3 is 0 Å². The van der Waals surface area contributed by atoms with Gasteiger partial charge < -0.3 is 30.0 Å². The summed E-state index contributed by atoms with van der Waals surface area (Å²) in [7, 11) is 0. The highest BCUT2D eigenvalue weighted by molar-refractivity contribution is 6.34. The molecule has 3 aliphatic heterocycles. The average Bonchev–Trinajstić information content (AvgIpc) is 3.79. The molecule has 0 radical (unpaired) electrons. The van der Waals surface area contributed by atoms with Crippen LogP contribution in [0.4, 0.5) is 8.78 Å². The fourth-order valence-corrected chi connectivity index (χ4v) is 7.03. The number of nitrogens with one attached hydrogen (secondary N) is 2. The summed E-state index contributed by atoms with van der Waals surface area (Å²) < 4.78 is 50.3. The Hall–Kier alpha value is -3.24. The first-order valence-corrected chi connectivity index (χ1v) is 15.3. The summed E-state index contributed by atoms with van der Waals surface area (Å²) in [5.41, 5.74) is 0.436. The number of rotatable bonds is 7. The third-order valence-corrected chi connectivity index (χ3v) is 9.59. The Kier molecular flexibility index (Phi) is 7.53. The van der Waals surface area contributed by atoms with E-state index in [0.29, 0.717) is 38.0 Å². The number of fused-ring (bicyclic) bond motifs is 1. The number of benzene rings is 3. The van der Waals surface area contributed by atoms with Crippen LogP contribution in [0.15, 0.2) is 48.5 Å². The molecule has 1 amide bonds. The van der Waals surface area contributed by atoms with Gasteiger partial charge in [0.25, 0.3) is 5.91 Å². The summed E-state index contributed by atoms with van der Waals surface area (Å²) in [6.07, 6.45) is 2.54. The number of ether oxygens (including phenoxy) is 3. The Bertz CT molecular complexity index is 1540. The fourth-order valence-electron chi connectivity index (χ4n) is 6.77. The van der Waals surface area contributed by atoms with Crippen LogP contribution in [-0.2, 0) is 16.8 Å². The largest absolute Gasteiger partial charge is 0.485 e. The minimum atomic E-state index is -0.893. The van der Waals surface area contributed by atoms with E-state index >= 15 is 8.78 Å². The van der Waals surface area contributed by atoms with Gasteiger partial charge in [0.2, 0.25) is 0 Å². The van der Waals surface area contributed by atoms with Crippen LogP contribution in [0.5, 0.6) is 11.5 Å². The molecular weight excluding hydrogens is 578 g/mol. The third-order valence-electron chi connectivity index (χ3n) is 9.22. The zero-order valence-electron chi connectivity index (χ0n) is 23.5. The van der Waals surface area contributed by atoms with Gasteiger partial charge in [-0.05, 0) is 56.3 Å².